The summed E-state index contributed by atoms with van der Waals surface area (Å²) in [4.78, 5) is 17.2. The van der Waals surface area contributed by atoms with E-state index < -0.39 is 0 Å². The van der Waals surface area contributed by atoms with Gasteiger partial charge in [0, 0.05) is 37.4 Å². The van der Waals surface area contributed by atoms with Gasteiger partial charge in [0.15, 0.2) is 11.5 Å². The minimum Gasteiger partial charge on any atom is -0.493 e. The molecule has 3 unspecified atom stereocenters. The van der Waals surface area contributed by atoms with Crippen molar-refractivity contribution in [3.8, 4) is 11.5 Å². The van der Waals surface area contributed by atoms with Crippen molar-refractivity contribution in [2.45, 2.75) is 56.7 Å². The van der Waals surface area contributed by atoms with Crippen molar-refractivity contribution in [1.29, 1.82) is 0 Å². The molecule has 0 spiro atoms. The highest BCUT2D eigenvalue weighted by Gasteiger charge is 2.37. The standard InChI is InChI=1S/C29H39N3O3/c1-34-28-12-11-24(18-29(28)35-26-9-5-6-10-26)31-15-16-32(27(21-33)23-13-14-30-19-23)25(20-31)17-22-7-3-2-4-8-22/h2-4,7-8,11-12,18,21,23,25-27,30H,5-6,9-10,13-17,19-20H2,1H3. The van der Waals surface area contributed by atoms with Crippen LogP contribution in [0.3, 0.4) is 0 Å². The number of piperazine rings is 1. The SMILES string of the molecule is COc1ccc(N2CCN(C(C=O)C3CCNC3)C(Cc3ccccc3)C2)cc1OC1CCCC1. The Balaban J connectivity index is 1.37. The van der Waals surface area contributed by atoms with E-state index in [0.29, 0.717) is 5.92 Å². The molecule has 2 heterocycles. The third-order valence-electron chi connectivity index (χ3n) is 8.05. The average molecular weight is 478 g/mol. The van der Waals surface area contributed by atoms with Crippen LogP contribution in [0, 0.1) is 5.92 Å². The van der Waals surface area contributed by atoms with E-state index in [9.17, 15) is 4.79 Å². The number of nitrogens with one attached hydrogen (secondary N) is 1. The molecule has 0 bridgehead atoms. The number of anilines is 1. The number of aldehydes is 1. The molecule has 1 aliphatic carbocycles. The maximum atomic E-state index is 12.3. The molecule has 5 rings (SSSR count). The molecular formula is C29H39N3O3. The van der Waals surface area contributed by atoms with Gasteiger partial charge in [-0.3, -0.25) is 4.90 Å². The number of rotatable bonds is 9. The summed E-state index contributed by atoms with van der Waals surface area (Å²) in [5, 5.41) is 3.45. The second-order valence-electron chi connectivity index (χ2n) is 10.3. The third-order valence-corrected chi connectivity index (χ3v) is 8.05. The molecule has 188 valence electrons. The molecule has 6 nitrogen and oxygen atoms in total. The fourth-order valence-electron chi connectivity index (χ4n) is 6.13. The quantitative estimate of drug-likeness (QED) is 0.553. The first kappa shape index (κ1) is 24.1. The van der Waals surface area contributed by atoms with Crippen LogP contribution in [-0.4, -0.2) is 69.2 Å². The Labute approximate surface area is 209 Å². The number of carbonyl (C=O) groups excluding carboxylic acids is 1. The highest BCUT2D eigenvalue weighted by Crippen LogP contribution is 2.36. The predicted octanol–water partition coefficient (Wildman–Crippen LogP) is 3.93. The Morgan fingerprint density at radius 2 is 1.89 bits per heavy atom. The summed E-state index contributed by atoms with van der Waals surface area (Å²) >= 11 is 0. The number of hydrogen-bond donors (Lipinski definition) is 1. The molecule has 0 amide bonds. The van der Waals surface area contributed by atoms with Gasteiger partial charge >= 0.3 is 0 Å². The van der Waals surface area contributed by atoms with Gasteiger partial charge in [0.05, 0.1) is 19.3 Å². The van der Waals surface area contributed by atoms with Crippen LogP contribution in [0.5, 0.6) is 11.5 Å². The van der Waals surface area contributed by atoms with Crippen molar-refractivity contribution in [2.75, 3.05) is 44.7 Å². The van der Waals surface area contributed by atoms with E-state index in [-0.39, 0.29) is 18.2 Å². The number of nitrogens with zero attached hydrogens (tertiary/aromatic N) is 2. The Morgan fingerprint density at radius 1 is 1.06 bits per heavy atom. The van der Waals surface area contributed by atoms with Gasteiger partial charge in [0.25, 0.3) is 0 Å². The van der Waals surface area contributed by atoms with Crippen molar-refractivity contribution >= 4 is 12.0 Å². The lowest BCUT2D eigenvalue weighted by Crippen LogP contribution is -2.59. The molecule has 2 saturated heterocycles. The molecule has 3 fully saturated rings. The largest absolute Gasteiger partial charge is 0.493 e. The Kier molecular flexibility index (Phi) is 7.89. The van der Waals surface area contributed by atoms with E-state index in [1.807, 2.05) is 6.07 Å². The summed E-state index contributed by atoms with van der Waals surface area (Å²) in [6.45, 7) is 4.60. The molecule has 1 N–H and O–H groups in total. The van der Waals surface area contributed by atoms with E-state index in [1.165, 1.54) is 30.4 Å². The van der Waals surface area contributed by atoms with Crippen LogP contribution >= 0.6 is 0 Å². The number of ether oxygens (including phenoxy) is 2. The second-order valence-corrected chi connectivity index (χ2v) is 10.3. The van der Waals surface area contributed by atoms with E-state index in [1.54, 1.807) is 7.11 Å². The van der Waals surface area contributed by atoms with Gasteiger partial charge < -0.3 is 24.5 Å². The van der Waals surface area contributed by atoms with Crippen LogP contribution in [0.4, 0.5) is 5.69 Å². The monoisotopic (exact) mass is 477 g/mol. The summed E-state index contributed by atoms with van der Waals surface area (Å²) in [7, 11) is 1.71. The van der Waals surface area contributed by atoms with Gasteiger partial charge in [-0.2, -0.15) is 0 Å². The summed E-state index contributed by atoms with van der Waals surface area (Å²) in [6.07, 6.45) is 8.21. The number of benzene rings is 2. The molecule has 0 radical (unpaired) electrons. The summed E-state index contributed by atoms with van der Waals surface area (Å²) in [6, 6.07) is 17.3. The van der Waals surface area contributed by atoms with Crippen LogP contribution in [0.15, 0.2) is 48.5 Å². The van der Waals surface area contributed by atoms with Gasteiger partial charge in [-0.05, 0) is 75.2 Å². The highest BCUT2D eigenvalue weighted by molar-refractivity contribution is 5.60. The van der Waals surface area contributed by atoms with Crippen molar-refractivity contribution in [1.82, 2.24) is 10.2 Å². The van der Waals surface area contributed by atoms with Gasteiger partial charge in [-0.1, -0.05) is 30.3 Å². The molecule has 35 heavy (non-hydrogen) atoms. The Morgan fingerprint density at radius 3 is 2.60 bits per heavy atom. The lowest BCUT2D eigenvalue weighted by molar-refractivity contribution is -0.115. The molecule has 2 aromatic rings. The minimum absolute atomic E-state index is 0.0296. The van der Waals surface area contributed by atoms with Crippen LogP contribution in [0.1, 0.15) is 37.7 Å². The van der Waals surface area contributed by atoms with Crippen LogP contribution in [-0.2, 0) is 11.2 Å². The summed E-state index contributed by atoms with van der Waals surface area (Å²) < 4.78 is 12.0. The fraction of sp³-hybridized carbons (Fsp3) is 0.552. The number of methoxy groups -OCH3 is 1. The number of carbonyl (C=O) groups is 1. The third kappa shape index (κ3) is 5.65. The van der Waals surface area contributed by atoms with Gasteiger partial charge in [0.1, 0.15) is 6.29 Å². The molecular weight excluding hydrogens is 438 g/mol. The van der Waals surface area contributed by atoms with E-state index in [2.05, 4.69) is 57.6 Å². The molecule has 1 saturated carbocycles. The zero-order chi connectivity index (χ0) is 24.0. The fourth-order valence-corrected chi connectivity index (χ4v) is 6.13. The second kappa shape index (κ2) is 11.4. The van der Waals surface area contributed by atoms with Crippen LogP contribution < -0.4 is 19.7 Å². The van der Waals surface area contributed by atoms with Gasteiger partial charge in [0.2, 0.25) is 0 Å². The normalized spacial score (nSPS) is 24.4. The smallest absolute Gasteiger partial charge is 0.163 e. The summed E-state index contributed by atoms with van der Waals surface area (Å²) in [5.74, 6) is 2.04. The maximum absolute atomic E-state index is 12.3. The highest BCUT2D eigenvalue weighted by atomic mass is 16.5. The van der Waals surface area contributed by atoms with Crippen molar-refractivity contribution < 1.29 is 14.3 Å². The van der Waals surface area contributed by atoms with Gasteiger partial charge in [-0.15, -0.1) is 0 Å². The van der Waals surface area contributed by atoms with Crippen molar-refractivity contribution in [3.05, 3.63) is 54.1 Å². The first-order chi connectivity index (χ1) is 17.2. The number of hydrogen-bond acceptors (Lipinski definition) is 6. The maximum Gasteiger partial charge on any atom is 0.163 e. The van der Waals surface area contributed by atoms with Gasteiger partial charge in [-0.25, -0.2) is 0 Å². The molecule has 6 heteroatoms. The lowest BCUT2D eigenvalue weighted by atomic mass is 9.93. The molecule has 2 aliphatic heterocycles. The predicted molar refractivity (Wildman–Crippen MR) is 140 cm³/mol. The molecule has 0 aromatic heterocycles. The van der Waals surface area contributed by atoms with Crippen molar-refractivity contribution in [2.24, 2.45) is 5.92 Å². The zero-order valence-corrected chi connectivity index (χ0v) is 20.9. The molecule has 3 aliphatic rings. The van der Waals surface area contributed by atoms with Crippen molar-refractivity contribution in [3.63, 3.8) is 0 Å². The zero-order valence-electron chi connectivity index (χ0n) is 20.9. The lowest BCUT2D eigenvalue weighted by Gasteiger charge is -2.46. The van der Waals surface area contributed by atoms with Crippen LogP contribution in [0.2, 0.25) is 0 Å². The van der Waals surface area contributed by atoms with E-state index in [4.69, 9.17) is 9.47 Å². The first-order valence-electron chi connectivity index (χ1n) is 13.3. The first-order valence-corrected chi connectivity index (χ1v) is 13.3. The average Bonchev–Trinajstić information content (AvgIpc) is 3.61. The Hall–Kier alpha value is -2.57. The summed E-state index contributed by atoms with van der Waals surface area (Å²) in [5.41, 5.74) is 2.49. The molecule has 3 atom stereocenters. The minimum atomic E-state index is -0.0296. The molecule has 2 aromatic carbocycles. The van der Waals surface area contributed by atoms with E-state index in [0.717, 1.165) is 69.9 Å². The van der Waals surface area contributed by atoms with Crippen LogP contribution in [0.25, 0.3) is 0 Å². The van der Waals surface area contributed by atoms with E-state index >= 15 is 0 Å². The Bertz CT molecular complexity index is 957. The topological polar surface area (TPSA) is 54.0 Å².